The predicted octanol–water partition coefficient (Wildman–Crippen LogP) is 2.53. The summed E-state index contributed by atoms with van der Waals surface area (Å²) in [6.07, 6.45) is 0.755. The Morgan fingerprint density at radius 2 is 2.00 bits per heavy atom. The van der Waals surface area contributed by atoms with Crippen molar-refractivity contribution in [3.8, 4) is 11.4 Å². The minimum atomic E-state index is -0.502. The molecule has 3 aromatic rings. The molecule has 0 aliphatic carbocycles. The van der Waals surface area contributed by atoms with Gasteiger partial charge in [-0.1, -0.05) is 24.3 Å². The Kier molecular flexibility index (Phi) is 2.59. The molecule has 6 nitrogen and oxygen atoms in total. The summed E-state index contributed by atoms with van der Waals surface area (Å²) in [5.41, 5.74) is 2.28. The number of fused-ring (bicyclic) bond motifs is 4. The molecule has 2 aromatic carbocycles. The summed E-state index contributed by atoms with van der Waals surface area (Å²) in [6.45, 7) is 0.539. The van der Waals surface area contributed by atoms with E-state index in [-0.39, 0.29) is 16.6 Å². The number of aryl methyl sites for hydroxylation is 1. The van der Waals surface area contributed by atoms with Crippen LogP contribution in [-0.2, 0) is 13.0 Å². The Morgan fingerprint density at radius 3 is 2.82 bits per heavy atom. The highest BCUT2D eigenvalue weighted by atomic mass is 16.6. The molecular formula is C16H11N3O3. The van der Waals surface area contributed by atoms with Gasteiger partial charge in [-0.3, -0.25) is 19.5 Å². The van der Waals surface area contributed by atoms with E-state index in [4.69, 9.17) is 0 Å². The molecule has 0 bridgehead atoms. The lowest BCUT2D eigenvalue weighted by atomic mass is 10.00. The molecule has 0 amide bonds. The van der Waals surface area contributed by atoms with Gasteiger partial charge < -0.3 is 0 Å². The van der Waals surface area contributed by atoms with Crippen LogP contribution >= 0.6 is 0 Å². The maximum atomic E-state index is 12.7. The van der Waals surface area contributed by atoms with Gasteiger partial charge in [0, 0.05) is 24.2 Å². The molecule has 108 valence electrons. The van der Waals surface area contributed by atoms with E-state index in [9.17, 15) is 14.9 Å². The van der Waals surface area contributed by atoms with Crippen LogP contribution in [-0.4, -0.2) is 14.5 Å². The van der Waals surface area contributed by atoms with Crippen molar-refractivity contribution in [1.29, 1.82) is 0 Å². The lowest BCUT2D eigenvalue weighted by Crippen LogP contribution is -2.27. The zero-order chi connectivity index (χ0) is 15.3. The third-order valence-electron chi connectivity index (χ3n) is 4.01. The summed E-state index contributed by atoms with van der Waals surface area (Å²) in [5.74, 6) is 0.633. The van der Waals surface area contributed by atoms with Crippen LogP contribution in [0.25, 0.3) is 22.3 Å². The van der Waals surface area contributed by atoms with Gasteiger partial charge in [-0.25, -0.2) is 4.98 Å². The van der Waals surface area contributed by atoms with Gasteiger partial charge in [0.15, 0.2) is 0 Å². The fourth-order valence-electron chi connectivity index (χ4n) is 2.92. The summed E-state index contributed by atoms with van der Waals surface area (Å²) in [6, 6.07) is 12.1. The second-order valence-electron chi connectivity index (χ2n) is 5.26. The Labute approximate surface area is 124 Å². The van der Waals surface area contributed by atoms with Crippen molar-refractivity contribution in [2.45, 2.75) is 13.0 Å². The molecule has 1 aliphatic heterocycles. The second kappa shape index (κ2) is 4.49. The number of benzene rings is 2. The van der Waals surface area contributed by atoms with Gasteiger partial charge in [-0.05, 0) is 18.1 Å². The molecule has 0 spiro atoms. The van der Waals surface area contributed by atoms with E-state index in [0.29, 0.717) is 17.9 Å². The van der Waals surface area contributed by atoms with Gasteiger partial charge in [0.1, 0.15) is 5.82 Å². The van der Waals surface area contributed by atoms with E-state index in [1.165, 1.54) is 18.2 Å². The maximum Gasteiger partial charge on any atom is 0.270 e. The highest BCUT2D eigenvalue weighted by Crippen LogP contribution is 2.28. The zero-order valence-corrected chi connectivity index (χ0v) is 11.5. The molecule has 22 heavy (non-hydrogen) atoms. The fourth-order valence-corrected chi connectivity index (χ4v) is 2.92. The van der Waals surface area contributed by atoms with Crippen LogP contribution < -0.4 is 5.56 Å². The standard InChI is InChI=1S/C16H11N3O3/c20-16-13-9-11(19(21)22)5-6-14(13)17-15-12-4-2-1-3-10(12)7-8-18(15)16/h1-6,9H,7-8H2. The van der Waals surface area contributed by atoms with Crippen LogP contribution in [0.5, 0.6) is 0 Å². The van der Waals surface area contributed by atoms with Crippen molar-refractivity contribution >= 4 is 16.6 Å². The van der Waals surface area contributed by atoms with Gasteiger partial charge in [0.25, 0.3) is 11.2 Å². The van der Waals surface area contributed by atoms with E-state index >= 15 is 0 Å². The summed E-state index contributed by atoms with van der Waals surface area (Å²) in [5, 5.41) is 11.2. The summed E-state index contributed by atoms with van der Waals surface area (Å²) < 4.78 is 1.61. The summed E-state index contributed by atoms with van der Waals surface area (Å²) >= 11 is 0. The van der Waals surface area contributed by atoms with Crippen LogP contribution in [0.1, 0.15) is 5.56 Å². The Morgan fingerprint density at radius 1 is 1.18 bits per heavy atom. The van der Waals surface area contributed by atoms with Crippen molar-refractivity contribution in [1.82, 2.24) is 9.55 Å². The first-order valence-corrected chi connectivity index (χ1v) is 6.92. The van der Waals surface area contributed by atoms with E-state index in [1.54, 1.807) is 4.57 Å². The van der Waals surface area contributed by atoms with Crippen molar-refractivity contribution in [2.24, 2.45) is 0 Å². The smallest absolute Gasteiger partial charge is 0.270 e. The zero-order valence-electron chi connectivity index (χ0n) is 11.5. The number of nitro benzene ring substituents is 1. The molecule has 1 aliphatic rings. The predicted molar refractivity (Wildman–Crippen MR) is 81.8 cm³/mol. The number of rotatable bonds is 1. The van der Waals surface area contributed by atoms with Gasteiger partial charge in [0.2, 0.25) is 0 Å². The number of hydrogen-bond donors (Lipinski definition) is 0. The third-order valence-corrected chi connectivity index (χ3v) is 4.01. The van der Waals surface area contributed by atoms with Crippen molar-refractivity contribution < 1.29 is 4.92 Å². The number of nitro groups is 1. The maximum absolute atomic E-state index is 12.7. The Balaban J connectivity index is 2.06. The first-order chi connectivity index (χ1) is 10.6. The van der Waals surface area contributed by atoms with Gasteiger partial charge >= 0.3 is 0 Å². The first kappa shape index (κ1) is 12.7. The molecule has 0 radical (unpaired) electrons. The minimum absolute atomic E-state index is 0.0943. The average molecular weight is 293 g/mol. The van der Waals surface area contributed by atoms with Crippen molar-refractivity contribution in [3.05, 3.63) is 68.5 Å². The van der Waals surface area contributed by atoms with Crippen molar-refractivity contribution in [3.63, 3.8) is 0 Å². The molecule has 0 saturated carbocycles. The monoisotopic (exact) mass is 293 g/mol. The SMILES string of the molecule is O=c1c2cc([N+](=O)[O-])ccc2nc2n1CCc1ccccc1-2. The van der Waals surface area contributed by atoms with E-state index in [1.807, 2.05) is 24.3 Å². The average Bonchev–Trinajstić information content (AvgIpc) is 2.54. The number of nitrogens with zero attached hydrogens (tertiary/aromatic N) is 3. The lowest BCUT2D eigenvalue weighted by molar-refractivity contribution is -0.384. The first-order valence-electron chi connectivity index (χ1n) is 6.92. The molecule has 0 saturated heterocycles. The van der Waals surface area contributed by atoms with Crippen LogP contribution in [0.15, 0.2) is 47.3 Å². The molecule has 0 fully saturated rings. The highest BCUT2D eigenvalue weighted by Gasteiger charge is 2.20. The molecule has 4 rings (SSSR count). The van der Waals surface area contributed by atoms with Gasteiger partial charge in [0.05, 0.1) is 15.8 Å². The van der Waals surface area contributed by atoms with Crippen LogP contribution in [0.4, 0.5) is 5.69 Å². The van der Waals surface area contributed by atoms with Crippen LogP contribution in [0.2, 0.25) is 0 Å². The third kappa shape index (κ3) is 1.74. The quantitative estimate of drug-likeness (QED) is 0.510. The highest BCUT2D eigenvalue weighted by molar-refractivity contribution is 5.82. The lowest BCUT2D eigenvalue weighted by Gasteiger charge is -2.21. The van der Waals surface area contributed by atoms with E-state index < -0.39 is 4.92 Å². The van der Waals surface area contributed by atoms with Crippen LogP contribution in [0.3, 0.4) is 0 Å². The Bertz CT molecular complexity index is 992. The fraction of sp³-hybridized carbons (Fsp3) is 0.125. The number of aromatic nitrogens is 2. The topological polar surface area (TPSA) is 78.0 Å². The normalized spacial score (nSPS) is 12.7. The Hall–Kier alpha value is -3.02. The number of hydrogen-bond acceptors (Lipinski definition) is 4. The molecule has 6 heteroatoms. The van der Waals surface area contributed by atoms with E-state index in [0.717, 1.165) is 17.5 Å². The molecule has 0 unspecified atom stereocenters. The molecule has 1 aromatic heterocycles. The van der Waals surface area contributed by atoms with Crippen LogP contribution in [0, 0.1) is 10.1 Å². The molecule has 0 atom stereocenters. The van der Waals surface area contributed by atoms with Gasteiger partial charge in [-0.15, -0.1) is 0 Å². The summed E-state index contributed by atoms with van der Waals surface area (Å²) in [4.78, 5) is 27.6. The molecule has 0 N–H and O–H groups in total. The molecule has 2 heterocycles. The second-order valence-corrected chi connectivity index (χ2v) is 5.26. The van der Waals surface area contributed by atoms with Crippen molar-refractivity contribution in [2.75, 3.05) is 0 Å². The minimum Gasteiger partial charge on any atom is -0.292 e. The molecular weight excluding hydrogens is 282 g/mol. The van der Waals surface area contributed by atoms with E-state index in [2.05, 4.69) is 4.98 Å². The largest absolute Gasteiger partial charge is 0.292 e. The number of non-ortho nitro benzene ring substituents is 1. The summed E-state index contributed by atoms with van der Waals surface area (Å²) in [7, 11) is 0. The van der Waals surface area contributed by atoms with Gasteiger partial charge in [-0.2, -0.15) is 0 Å².